The Morgan fingerprint density at radius 3 is 2.74 bits per heavy atom. The summed E-state index contributed by atoms with van der Waals surface area (Å²) in [6.07, 6.45) is 4.11. The number of piperidine rings is 1. The van der Waals surface area contributed by atoms with Gasteiger partial charge in [0.2, 0.25) is 0 Å². The van der Waals surface area contributed by atoms with Crippen LogP contribution in [0, 0.1) is 5.82 Å². The van der Waals surface area contributed by atoms with Crippen molar-refractivity contribution >= 4 is 5.78 Å². The summed E-state index contributed by atoms with van der Waals surface area (Å²) < 4.78 is 18.3. The standard InChI is InChI=1S/C15H20FNO2/c1-19-15-6-5-12(16)11-13(15)14(18)7-10-17-8-3-2-4-9-17/h5-6,11H,2-4,7-10H2,1H3. The third-order valence-corrected chi connectivity index (χ3v) is 3.57. The highest BCUT2D eigenvalue weighted by Gasteiger charge is 2.16. The minimum absolute atomic E-state index is 0.0538. The summed E-state index contributed by atoms with van der Waals surface area (Å²) in [4.78, 5) is 14.4. The monoisotopic (exact) mass is 265 g/mol. The second-order valence-electron chi connectivity index (χ2n) is 4.92. The van der Waals surface area contributed by atoms with Crippen molar-refractivity contribution in [1.29, 1.82) is 0 Å². The summed E-state index contributed by atoms with van der Waals surface area (Å²) in [5.41, 5.74) is 0.347. The molecule has 1 fully saturated rings. The first-order valence-corrected chi connectivity index (χ1v) is 6.80. The fourth-order valence-corrected chi connectivity index (χ4v) is 2.48. The molecule has 0 atom stereocenters. The Balaban J connectivity index is 1.97. The maximum Gasteiger partial charge on any atom is 0.167 e. The number of ketones is 1. The second-order valence-corrected chi connectivity index (χ2v) is 4.92. The first kappa shape index (κ1) is 14.0. The Hall–Kier alpha value is -1.42. The van der Waals surface area contributed by atoms with Gasteiger partial charge in [-0.05, 0) is 44.1 Å². The van der Waals surface area contributed by atoms with Crippen molar-refractivity contribution in [3.8, 4) is 5.75 Å². The lowest BCUT2D eigenvalue weighted by Crippen LogP contribution is -2.31. The van der Waals surface area contributed by atoms with Gasteiger partial charge in [0.05, 0.1) is 12.7 Å². The molecule has 0 aromatic heterocycles. The van der Waals surface area contributed by atoms with Gasteiger partial charge in [-0.25, -0.2) is 4.39 Å². The first-order chi connectivity index (χ1) is 9.20. The van der Waals surface area contributed by atoms with Gasteiger partial charge in [-0.15, -0.1) is 0 Å². The molecular weight excluding hydrogens is 245 g/mol. The highest BCUT2D eigenvalue weighted by Crippen LogP contribution is 2.21. The van der Waals surface area contributed by atoms with Crippen LogP contribution in [0.15, 0.2) is 18.2 Å². The lowest BCUT2D eigenvalue weighted by Gasteiger charge is -2.26. The van der Waals surface area contributed by atoms with Gasteiger partial charge in [0.25, 0.3) is 0 Å². The summed E-state index contributed by atoms with van der Waals surface area (Å²) >= 11 is 0. The van der Waals surface area contributed by atoms with Crippen LogP contribution in [0.25, 0.3) is 0 Å². The van der Waals surface area contributed by atoms with Gasteiger partial charge in [0, 0.05) is 13.0 Å². The molecule has 104 valence electrons. The molecule has 1 aliphatic heterocycles. The van der Waals surface area contributed by atoms with Crippen LogP contribution in [0.1, 0.15) is 36.0 Å². The van der Waals surface area contributed by atoms with E-state index >= 15 is 0 Å². The van der Waals surface area contributed by atoms with E-state index in [1.807, 2.05) is 0 Å². The van der Waals surface area contributed by atoms with Crippen molar-refractivity contribution in [3.05, 3.63) is 29.6 Å². The number of carbonyl (C=O) groups excluding carboxylic acids is 1. The van der Waals surface area contributed by atoms with Gasteiger partial charge >= 0.3 is 0 Å². The molecular formula is C15H20FNO2. The van der Waals surface area contributed by atoms with Crippen LogP contribution < -0.4 is 4.74 Å². The van der Waals surface area contributed by atoms with E-state index in [0.29, 0.717) is 17.7 Å². The van der Waals surface area contributed by atoms with Crippen molar-refractivity contribution in [1.82, 2.24) is 4.90 Å². The molecule has 0 amide bonds. The van der Waals surface area contributed by atoms with Crippen LogP contribution in [0.5, 0.6) is 5.75 Å². The molecule has 1 aliphatic rings. The van der Waals surface area contributed by atoms with Crippen LogP contribution in [0.3, 0.4) is 0 Å². The fraction of sp³-hybridized carbons (Fsp3) is 0.533. The van der Waals surface area contributed by atoms with E-state index in [1.54, 1.807) is 0 Å². The van der Waals surface area contributed by atoms with Crippen molar-refractivity contribution in [2.24, 2.45) is 0 Å². The van der Waals surface area contributed by atoms with Crippen molar-refractivity contribution in [3.63, 3.8) is 0 Å². The number of benzene rings is 1. The second kappa shape index (κ2) is 6.66. The highest BCUT2D eigenvalue weighted by atomic mass is 19.1. The van der Waals surface area contributed by atoms with E-state index in [0.717, 1.165) is 19.6 Å². The largest absolute Gasteiger partial charge is 0.496 e. The van der Waals surface area contributed by atoms with E-state index in [-0.39, 0.29) is 5.78 Å². The van der Waals surface area contributed by atoms with Gasteiger partial charge in [-0.3, -0.25) is 4.79 Å². The quantitative estimate of drug-likeness (QED) is 0.767. The molecule has 0 aliphatic carbocycles. The molecule has 1 saturated heterocycles. The van der Waals surface area contributed by atoms with Gasteiger partial charge in [0.1, 0.15) is 11.6 Å². The molecule has 3 nitrogen and oxygen atoms in total. The normalized spacial score (nSPS) is 16.3. The van der Waals surface area contributed by atoms with Gasteiger partial charge < -0.3 is 9.64 Å². The van der Waals surface area contributed by atoms with Crippen LogP contribution in [0.2, 0.25) is 0 Å². The summed E-state index contributed by atoms with van der Waals surface area (Å²) in [5, 5.41) is 0. The van der Waals surface area contributed by atoms with E-state index in [4.69, 9.17) is 4.74 Å². The molecule has 2 rings (SSSR count). The summed E-state index contributed by atoms with van der Waals surface area (Å²) in [7, 11) is 1.49. The van der Waals surface area contributed by atoms with Gasteiger partial charge in [-0.1, -0.05) is 6.42 Å². The van der Waals surface area contributed by atoms with Crippen LogP contribution in [-0.2, 0) is 0 Å². The van der Waals surface area contributed by atoms with Gasteiger partial charge in [0.15, 0.2) is 5.78 Å². The lowest BCUT2D eigenvalue weighted by atomic mass is 10.1. The number of methoxy groups -OCH3 is 1. The Bertz CT molecular complexity index is 442. The Morgan fingerprint density at radius 1 is 1.32 bits per heavy atom. The number of ether oxygens (including phenoxy) is 1. The van der Waals surface area contributed by atoms with Crippen LogP contribution >= 0.6 is 0 Å². The average Bonchev–Trinajstić information content (AvgIpc) is 2.46. The molecule has 1 heterocycles. The van der Waals surface area contributed by atoms with Crippen molar-refractivity contribution < 1.29 is 13.9 Å². The predicted octanol–water partition coefficient (Wildman–Crippen LogP) is 2.89. The number of hydrogen-bond donors (Lipinski definition) is 0. The number of likely N-dealkylation sites (tertiary alicyclic amines) is 1. The molecule has 1 aromatic carbocycles. The topological polar surface area (TPSA) is 29.5 Å². The van der Waals surface area contributed by atoms with E-state index < -0.39 is 5.82 Å². The first-order valence-electron chi connectivity index (χ1n) is 6.80. The SMILES string of the molecule is COc1ccc(F)cc1C(=O)CCN1CCCCC1. The Labute approximate surface area is 113 Å². The van der Waals surface area contributed by atoms with Crippen molar-refractivity contribution in [2.75, 3.05) is 26.7 Å². The summed E-state index contributed by atoms with van der Waals surface area (Å²) in [6.45, 7) is 2.87. The minimum atomic E-state index is -0.401. The molecule has 0 radical (unpaired) electrons. The summed E-state index contributed by atoms with van der Waals surface area (Å²) in [6, 6.07) is 4.07. The fourth-order valence-electron chi connectivity index (χ4n) is 2.48. The third kappa shape index (κ3) is 3.77. The maximum atomic E-state index is 13.2. The number of Topliss-reactive ketones (excluding diaryl/α,β-unsaturated/α-hetero) is 1. The predicted molar refractivity (Wildman–Crippen MR) is 72.2 cm³/mol. The molecule has 1 aromatic rings. The molecule has 0 bridgehead atoms. The smallest absolute Gasteiger partial charge is 0.167 e. The molecule has 4 heteroatoms. The maximum absolute atomic E-state index is 13.2. The number of halogens is 1. The summed E-state index contributed by atoms with van der Waals surface area (Å²) in [5.74, 6) is -0.00547. The Kier molecular flexibility index (Phi) is 4.91. The molecule has 0 unspecified atom stereocenters. The lowest BCUT2D eigenvalue weighted by molar-refractivity contribution is 0.0955. The average molecular weight is 265 g/mol. The van der Waals surface area contributed by atoms with Crippen LogP contribution in [0.4, 0.5) is 4.39 Å². The highest BCUT2D eigenvalue weighted by molar-refractivity contribution is 5.98. The minimum Gasteiger partial charge on any atom is -0.496 e. The number of hydrogen-bond acceptors (Lipinski definition) is 3. The number of rotatable bonds is 5. The zero-order valence-electron chi connectivity index (χ0n) is 11.3. The zero-order chi connectivity index (χ0) is 13.7. The molecule has 0 saturated carbocycles. The van der Waals surface area contributed by atoms with Gasteiger partial charge in [-0.2, -0.15) is 0 Å². The van der Waals surface area contributed by atoms with E-state index in [1.165, 1.54) is 44.6 Å². The molecule has 0 N–H and O–H groups in total. The molecule has 0 spiro atoms. The van der Waals surface area contributed by atoms with E-state index in [2.05, 4.69) is 4.90 Å². The number of nitrogens with zero attached hydrogens (tertiary/aromatic N) is 1. The van der Waals surface area contributed by atoms with Crippen LogP contribution in [-0.4, -0.2) is 37.4 Å². The Morgan fingerprint density at radius 2 is 2.05 bits per heavy atom. The van der Waals surface area contributed by atoms with E-state index in [9.17, 15) is 9.18 Å². The third-order valence-electron chi connectivity index (χ3n) is 3.57. The zero-order valence-corrected chi connectivity index (χ0v) is 11.3. The number of carbonyl (C=O) groups is 1. The molecule has 19 heavy (non-hydrogen) atoms. The van der Waals surface area contributed by atoms with Crippen molar-refractivity contribution in [2.45, 2.75) is 25.7 Å².